The van der Waals surface area contributed by atoms with Crippen molar-refractivity contribution in [2.24, 2.45) is 0 Å². The topological polar surface area (TPSA) is 0 Å². The number of aryl methyl sites for hydroxylation is 1. The van der Waals surface area contributed by atoms with Gasteiger partial charge in [-0.3, -0.25) is 0 Å². The SMILES string of the molecule is [CH2]C(F)(F)CCc1ccc2ccccc2c1. The normalized spacial score (nSPS) is 11.9. The maximum atomic E-state index is 12.6. The van der Waals surface area contributed by atoms with Gasteiger partial charge in [0.05, 0.1) is 0 Å². The first kappa shape index (κ1) is 11.1. The summed E-state index contributed by atoms with van der Waals surface area (Å²) in [7, 11) is 0. The summed E-state index contributed by atoms with van der Waals surface area (Å²) >= 11 is 0. The molecule has 2 aromatic carbocycles. The molecule has 0 aliphatic carbocycles. The molecule has 0 saturated heterocycles. The van der Waals surface area contributed by atoms with Gasteiger partial charge in [0.2, 0.25) is 5.92 Å². The minimum atomic E-state index is -2.83. The highest BCUT2D eigenvalue weighted by molar-refractivity contribution is 5.82. The molecule has 2 heteroatoms. The van der Waals surface area contributed by atoms with Crippen LogP contribution in [-0.4, -0.2) is 5.92 Å². The standard InChI is InChI=1S/C14H13F2/c1-14(15,16)9-8-11-6-7-12-4-2-3-5-13(12)10-11/h2-7,10H,1,8-9H2. The van der Waals surface area contributed by atoms with Gasteiger partial charge in [-0.1, -0.05) is 42.5 Å². The van der Waals surface area contributed by atoms with E-state index in [2.05, 4.69) is 6.92 Å². The smallest absolute Gasteiger partial charge is 0.207 e. The molecular formula is C14H13F2. The van der Waals surface area contributed by atoms with Crippen molar-refractivity contribution in [3.63, 3.8) is 0 Å². The van der Waals surface area contributed by atoms with Gasteiger partial charge in [0.1, 0.15) is 0 Å². The third kappa shape index (κ3) is 2.78. The van der Waals surface area contributed by atoms with Crippen LogP contribution in [0.5, 0.6) is 0 Å². The third-order valence-electron chi connectivity index (χ3n) is 2.59. The van der Waals surface area contributed by atoms with E-state index in [1.807, 2.05) is 42.5 Å². The fourth-order valence-electron chi connectivity index (χ4n) is 1.72. The van der Waals surface area contributed by atoms with Crippen LogP contribution in [0, 0.1) is 6.92 Å². The molecule has 16 heavy (non-hydrogen) atoms. The van der Waals surface area contributed by atoms with Gasteiger partial charge in [0, 0.05) is 13.3 Å². The van der Waals surface area contributed by atoms with Crippen molar-refractivity contribution in [1.82, 2.24) is 0 Å². The highest BCUT2D eigenvalue weighted by Gasteiger charge is 2.20. The molecule has 0 aromatic heterocycles. The average Bonchev–Trinajstić information content (AvgIpc) is 2.25. The lowest BCUT2D eigenvalue weighted by Gasteiger charge is -2.09. The van der Waals surface area contributed by atoms with Gasteiger partial charge >= 0.3 is 0 Å². The van der Waals surface area contributed by atoms with Crippen LogP contribution in [0.15, 0.2) is 42.5 Å². The summed E-state index contributed by atoms with van der Waals surface area (Å²) in [5.41, 5.74) is 0.932. The number of alkyl halides is 2. The van der Waals surface area contributed by atoms with E-state index in [1.54, 1.807) is 0 Å². The van der Waals surface area contributed by atoms with Crippen LogP contribution in [0.25, 0.3) is 10.8 Å². The Hall–Kier alpha value is -1.44. The van der Waals surface area contributed by atoms with Crippen LogP contribution in [0.1, 0.15) is 12.0 Å². The molecule has 1 radical (unpaired) electrons. The summed E-state index contributed by atoms with van der Waals surface area (Å²) in [6.45, 7) is 2.81. The molecule has 0 atom stereocenters. The van der Waals surface area contributed by atoms with E-state index in [0.29, 0.717) is 6.42 Å². The van der Waals surface area contributed by atoms with Gasteiger partial charge in [0.25, 0.3) is 0 Å². The van der Waals surface area contributed by atoms with Gasteiger partial charge in [-0.25, -0.2) is 8.78 Å². The lowest BCUT2D eigenvalue weighted by Crippen LogP contribution is -2.11. The Kier molecular flexibility index (Phi) is 2.90. The van der Waals surface area contributed by atoms with E-state index in [4.69, 9.17) is 0 Å². The Balaban J connectivity index is 2.20. The van der Waals surface area contributed by atoms with Crippen molar-refractivity contribution in [2.45, 2.75) is 18.8 Å². The number of rotatable bonds is 3. The highest BCUT2D eigenvalue weighted by Crippen LogP contribution is 2.21. The number of halogens is 2. The fourth-order valence-corrected chi connectivity index (χ4v) is 1.72. The lowest BCUT2D eigenvalue weighted by molar-refractivity contribution is 0.0427. The Morgan fingerprint density at radius 3 is 2.38 bits per heavy atom. The molecular weight excluding hydrogens is 206 g/mol. The van der Waals surface area contributed by atoms with Crippen molar-refractivity contribution in [3.05, 3.63) is 55.0 Å². The van der Waals surface area contributed by atoms with Gasteiger partial charge < -0.3 is 0 Å². The maximum Gasteiger partial charge on any atom is 0.248 e. The molecule has 0 unspecified atom stereocenters. The molecule has 0 amide bonds. The van der Waals surface area contributed by atoms with E-state index in [0.717, 1.165) is 16.3 Å². The van der Waals surface area contributed by atoms with E-state index in [9.17, 15) is 8.78 Å². The van der Waals surface area contributed by atoms with E-state index in [-0.39, 0.29) is 6.42 Å². The highest BCUT2D eigenvalue weighted by atomic mass is 19.3. The number of benzene rings is 2. The Morgan fingerprint density at radius 2 is 1.69 bits per heavy atom. The van der Waals surface area contributed by atoms with Crippen molar-refractivity contribution in [1.29, 1.82) is 0 Å². The first-order valence-corrected chi connectivity index (χ1v) is 5.25. The predicted molar refractivity (Wildman–Crippen MR) is 62.6 cm³/mol. The quantitative estimate of drug-likeness (QED) is 0.724. The average molecular weight is 219 g/mol. The molecule has 0 bridgehead atoms. The molecule has 2 aromatic rings. The summed E-state index contributed by atoms with van der Waals surface area (Å²) in [5, 5.41) is 2.22. The second-order valence-electron chi connectivity index (χ2n) is 4.04. The molecule has 2 rings (SSSR count). The molecule has 0 heterocycles. The lowest BCUT2D eigenvalue weighted by atomic mass is 10.0. The van der Waals surface area contributed by atoms with Crippen molar-refractivity contribution >= 4 is 10.8 Å². The van der Waals surface area contributed by atoms with Crippen molar-refractivity contribution < 1.29 is 8.78 Å². The Bertz CT molecular complexity index is 483. The summed E-state index contributed by atoms with van der Waals surface area (Å²) in [6, 6.07) is 13.7. The zero-order chi connectivity index (χ0) is 11.6. The molecule has 0 spiro atoms. The number of hydrogen-bond acceptors (Lipinski definition) is 0. The molecule has 0 aliphatic rings. The molecule has 0 nitrogen and oxygen atoms in total. The second kappa shape index (κ2) is 4.20. The first-order chi connectivity index (χ1) is 7.54. The fraction of sp³-hybridized carbons (Fsp3) is 0.214. The molecule has 0 aliphatic heterocycles. The van der Waals surface area contributed by atoms with Crippen LogP contribution < -0.4 is 0 Å². The summed E-state index contributed by atoms with van der Waals surface area (Å²) in [5.74, 6) is -2.83. The molecule has 83 valence electrons. The molecule has 0 fully saturated rings. The van der Waals surface area contributed by atoms with E-state index < -0.39 is 5.92 Å². The van der Waals surface area contributed by atoms with Crippen molar-refractivity contribution in [3.8, 4) is 0 Å². The summed E-state index contributed by atoms with van der Waals surface area (Å²) in [4.78, 5) is 0. The minimum Gasteiger partial charge on any atom is -0.207 e. The van der Waals surface area contributed by atoms with Gasteiger partial charge in [0.15, 0.2) is 0 Å². The van der Waals surface area contributed by atoms with Crippen LogP contribution in [0.2, 0.25) is 0 Å². The minimum absolute atomic E-state index is 0.203. The van der Waals surface area contributed by atoms with E-state index in [1.165, 1.54) is 0 Å². The summed E-state index contributed by atoms with van der Waals surface area (Å²) < 4.78 is 25.2. The third-order valence-corrected chi connectivity index (χ3v) is 2.59. The van der Waals surface area contributed by atoms with Gasteiger partial charge in [-0.05, 0) is 22.8 Å². The number of hydrogen-bond donors (Lipinski definition) is 0. The Morgan fingerprint density at radius 1 is 1.00 bits per heavy atom. The van der Waals surface area contributed by atoms with Crippen molar-refractivity contribution in [2.75, 3.05) is 0 Å². The monoisotopic (exact) mass is 219 g/mol. The zero-order valence-electron chi connectivity index (χ0n) is 8.92. The van der Waals surface area contributed by atoms with Crippen LogP contribution in [-0.2, 0) is 6.42 Å². The van der Waals surface area contributed by atoms with E-state index >= 15 is 0 Å². The molecule has 0 saturated carbocycles. The predicted octanol–water partition coefficient (Wildman–Crippen LogP) is 4.24. The van der Waals surface area contributed by atoms with Gasteiger partial charge in [-0.2, -0.15) is 0 Å². The van der Waals surface area contributed by atoms with Crippen LogP contribution >= 0.6 is 0 Å². The molecule has 0 N–H and O–H groups in total. The first-order valence-electron chi connectivity index (χ1n) is 5.25. The van der Waals surface area contributed by atoms with Crippen LogP contribution in [0.3, 0.4) is 0 Å². The Labute approximate surface area is 93.9 Å². The largest absolute Gasteiger partial charge is 0.248 e. The summed E-state index contributed by atoms with van der Waals surface area (Å²) in [6.07, 6.45) is 0.159. The van der Waals surface area contributed by atoms with Crippen LogP contribution in [0.4, 0.5) is 8.78 Å². The van der Waals surface area contributed by atoms with Gasteiger partial charge in [-0.15, -0.1) is 0 Å². The zero-order valence-corrected chi connectivity index (χ0v) is 8.92. The number of fused-ring (bicyclic) bond motifs is 1. The maximum absolute atomic E-state index is 12.6. The second-order valence-corrected chi connectivity index (χ2v) is 4.04.